The molecule has 32 heavy (non-hydrogen) atoms. The maximum absolute atomic E-state index is 13.3. The first kappa shape index (κ1) is 23.1. The largest absolute Gasteiger partial charge is 0.484 e. The second kappa shape index (κ2) is 11.7. The monoisotopic (exact) mass is 434 g/mol. The summed E-state index contributed by atoms with van der Waals surface area (Å²) in [5.41, 5.74) is 1.02. The van der Waals surface area contributed by atoms with Crippen LogP contribution in [0.1, 0.15) is 30.4 Å². The number of hydrogen-bond acceptors (Lipinski definition) is 4. The topological polar surface area (TPSA) is 63.0 Å². The Morgan fingerprint density at radius 1 is 0.844 bits per heavy atom. The molecule has 6 nitrogen and oxygen atoms in total. The van der Waals surface area contributed by atoms with Crippen LogP contribution in [0.4, 0.5) is 0 Å². The SMILES string of the molecule is CCCN(CC(=O)N(Cc1ccccc1)Cc1ccc(C)o1)C(=O)COc1ccccc1. The van der Waals surface area contributed by atoms with E-state index >= 15 is 0 Å². The molecule has 1 heterocycles. The van der Waals surface area contributed by atoms with Crippen LogP contribution in [0, 0.1) is 6.92 Å². The Labute approximate surface area is 189 Å². The van der Waals surface area contributed by atoms with Crippen molar-refractivity contribution < 1.29 is 18.7 Å². The fraction of sp³-hybridized carbons (Fsp3) is 0.308. The van der Waals surface area contributed by atoms with Gasteiger partial charge in [0, 0.05) is 13.1 Å². The van der Waals surface area contributed by atoms with E-state index in [4.69, 9.17) is 9.15 Å². The quantitative estimate of drug-likeness (QED) is 0.448. The first-order chi connectivity index (χ1) is 15.5. The number of carbonyl (C=O) groups is 2. The molecule has 0 spiro atoms. The molecule has 0 N–H and O–H groups in total. The second-order valence-electron chi connectivity index (χ2n) is 7.66. The number of ether oxygens (including phenoxy) is 1. The molecule has 0 saturated heterocycles. The van der Waals surface area contributed by atoms with Gasteiger partial charge in [0.05, 0.1) is 13.1 Å². The van der Waals surface area contributed by atoms with Crippen LogP contribution in [-0.2, 0) is 22.7 Å². The van der Waals surface area contributed by atoms with Gasteiger partial charge in [0.1, 0.15) is 17.3 Å². The molecule has 2 aromatic carbocycles. The van der Waals surface area contributed by atoms with Crippen molar-refractivity contribution in [3.63, 3.8) is 0 Å². The van der Waals surface area contributed by atoms with Gasteiger partial charge in [-0.25, -0.2) is 0 Å². The smallest absolute Gasteiger partial charge is 0.260 e. The predicted molar refractivity (Wildman–Crippen MR) is 123 cm³/mol. The molecule has 3 aromatic rings. The molecular formula is C26H30N2O4. The predicted octanol–water partition coefficient (Wildman–Crippen LogP) is 4.43. The second-order valence-corrected chi connectivity index (χ2v) is 7.66. The average molecular weight is 435 g/mol. The summed E-state index contributed by atoms with van der Waals surface area (Å²) in [6.07, 6.45) is 0.750. The van der Waals surface area contributed by atoms with Gasteiger partial charge in [-0.15, -0.1) is 0 Å². The Bertz CT molecular complexity index is 985. The number of rotatable bonds is 11. The van der Waals surface area contributed by atoms with E-state index in [1.807, 2.05) is 74.5 Å². The molecule has 1 aromatic heterocycles. The minimum Gasteiger partial charge on any atom is -0.484 e. The summed E-state index contributed by atoms with van der Waals surface area (Å²) in [5, 5.41) is 0. The van der Waals surface area contributed by atoms with Crippen LogP contribution in [-0.4, -0.2) is 41.3 Å². The summed E-state index contributed by atoms with van der Waals surface area (Å²) in [7, 11) is 0. The van der Waals surface area contributed by atoms with Crippen molar-refractivity contribution in [2.75, 3.05) is 19.7 Å². The number of nitrogens with zero attached hydrogens (tertiary/aromatic N) is 2. The van der Waals surface area contributed by atoms with Gasteiger partial charge >= 0.3 is 0 Å². The van der Waals surface area contributed by atoms with Gasteiger partial charge in [-0.2, -0.15) is 0 Å². The maximum atomic E-state index is 13.3. The van der Waals surface area contributed by atoms with Crippen LogP contribution in [0.15, 0.2) is 77.2 Å². The van der Waals surface area contributed by atoms with Crippen molar-refractivity contribution in [3.05, 3.63) is 89.9 Å². The number of hydrogen-bond donors (Lipinski definition) is 0. The van der Waals surface area contributed by atoms with Gasteiger partial charge in [-0.1, -0.05) is 55.5 Å². The van der Waals surface area contributed by atoms with E-state index in [9.17, 15) is 9.59 Å². The van der Waals surface area contributed by atoms with Crippen LogP contribution in [0.2, 0.25) is 0 Å². The van der Waals surface area contributed by atoms with E-state index in [1.54, 1.807) is 21.9 Å². The Balaban J connectivity index is 1.68. The Morgan fingerprint density at radius 3 is 2.16 bits per heavy atom. The van der Waals surface area contributed by atoms with E-state index in [0.717, 1.165) is 17.7 Å². The molecule has 0 aliphatic carbocycles. The lowest BCUT2D eigenvalue weighted by Crippen LogP contribution is -2.44. The van der Waals surface area contributed by atoms with Crippen molar-refractivity contribution >= 4 is 11.8 Å². The lowest BCUT2D eigenvalue weighted by Gasteiger charge is -2.27. The molecule has 2 amide bonds. The number of amides is 2. The summed E-state index contributed by atoms with van der Waals surface area (Å²) in [6, 6.07) is 22.8. The van der Waals surface area contributed by atoms with E-state index in [-0.39, 0.29) is 25.0 Å². The summed E-state index contributed by atoms with van der Waals surface area (Å²) in [5.74, 6) is 1.80. The number of benzene rings is 2. The minimum atomic E-state index is -0.211. The van der Waals surface area contributed by atoms with Gasteiger partial charge < -0.3 is 19.0 Å². The standard InChI is InChI=1S/C26H30N2O4/c1-3-16-27(26(30)20-31-23-12-8-5-9-13-23)19-25(29)28(17-22-10-6-4-7-11-22)18-24-15-14-21(2)32-24/h4-15H,3,16-20H2,1-2H3. The number of carbonyl (C=O) groups excluding carboxylic acids is 2. The van der Waals surface area contributed by atoms with Gasteiger partial charge in [0.15, 0.2) is 6.61 Å². The molecule has 0 saturated carbocycles. The van der Waals surface area contributed by atoms with Crippen molar-refractivity contribution in [2.45, 2.75) is 33.4 Å². The van der Waals surface area contributed by atoms with E-state index in [0.29, 0.717) is 31.1 Å². The number of aryl methyl sites for hydroxylation is 1. The van der Waals surface area contributed by atoms with Gasteiger partial charge in [-0.05, 0) is 43.2 Å². The van der Waals surface area contributed by atoms with Crippen molar-refractivity contribution in [1.82, 2.24) is 9.80 Å². The number of furan rings is 1. The van der Waals surface area contributed by atoms with Gasteiger partial charge in [-0.3, -0.25) is 9.59 Å². The lowest BCUT2D eigenvalue weighted by molar-refractivity contribution is -0.142. The third-order valence-corrected chi connectivity index (χ3v) is 4.99. The molecule has 0 fully saturated rings. The molecule has 0 aliphatic rings. The van der Waals surface area contributed by atoms with Gasteiger partial charge in [0.25, 0.3) is 5.91 Å². The zero-order valence-corrected chi connectivity index (χ0v) is 18.7. The first-order valence-corrected chi connectivity index (χ1v) is 10.9. The highest BCUT2D eigenvalue weighted by Crippen LogP contribution is 2.14. The third kappa shape index (κ3) is 7.01. The summed E-state index contributed by atoms with van der Waals surface area (Å²) < 4.78 is 11.3. The third-order valence-electron chi connectivity index (χ3n) is 4.99. The lowest BCUT2D eigenvalue weighted by atomic mass is 10.2. The summed E-state index contributed by atoms with van der Waals surface area (Å²) in [4.78, 5) is 29.4. The Hall–Kier alpha value is -3.54. The molecular weight excluding hydrogens is 404 g/mol. The Kier molecular flexibility index (Phi) is 8.49. The highest BCUT2D eigenvalue weighted by atomic mass is 16.5. The molecule has 3 rings (SSSR count). The Morgan fingerprint density at radius 2 is 1.53 bits per heavy atom. The summed E-state index contributed by atoms with van der Waals surface area (Å²) in [6.45, 7) is 5.02. The van der Waals surface area contributed by atoms with Gasteiger partial charge in [0.2, 0.25) is 5.91 Å². The maximum Gasteiger partial charge on any atom is 0.260 e. The van der Waals surface area contributed by atoms with Crippen molar-refractivity contribution in [2.24, 2.45) is 0 Å². The fourth-order valence-electron chi connectivity index (χ4n) is 3.37. The molecule has 0 unspecified atom stereocenters. The molecule has 0 aliphatic heterocycles. The normalized spacial score (nSPS) is 10.6. The van der Waals surface area contributed by atoms with E-state index < -0.39 is 0 Å². The van der Waals surface area contributed by atoms with Crippen LogP contribution in [0.25, 0.3) is 0 Å². The van der Waals surface area contributed by atoms with Crippen LogP contribution >= 0.6 is 0 Å². The minimum absolute atomic E-state index is 0.00263. The van der Waals surface area contributed by atoms with Crippen LogP contribution in [0.5, 0.6) is 5.75 Å². The fourth-order valence-corrected chi connectivity index (χ4v) is 3.37. The molecule has 0 atom stereocenters. The van der Waals surface area contributed by atoms with Crippen molar-refractivity contribution in [3.8, 4) is 5.75 Å². The average Bonchev–Trinajstić information content (AvgIpc) is 3.22. The summed E-state index contributed by atoms with van der Waals surface area (Å²) >= 11 is 0. The van der Waals surface area contributed by atoms with Crippen molar-refractivity contribution in [1.29, 1.82) is 0 Å². The molecule has 168 valence electrons. The number of para-hydroxylation sites is 1. The van der Waals surface area contributed by atoms with Crippen LogP contribution in [0.3, 0.4) is 0 Å². The molecule has 0 bridgehead atoms. The zero-order chi connectivity index (χ0) is 22.8. The highest BCUT2D eigenvalue weighted by Gasteiger charge is 2.22. The van der Waals surface area contributed by atoms with Crippen LogP contribution < -0.4 is 4.74 Å². The molecule has 0 radical (unpaired) electrons. The van der Waals surface area contributed by atoms with E-state index in [1.165, 1.54) is 0 Å². The zero-order valence-electron chi connectivity index (χ0n) is 18.7. The first-order valence-electron chi connectivity index (χ1n) is 10.9. The van der Waals surface area contributed by atoms with E-state index in [2.05, 4.69) is 0 Å². The molecule has 6 heteroatoms. The highest BCUT2D eigenvalue weighted by molar-refractivity contribution is 5.85.